The van der Waals surface area contributed by atoms with Gasteiger partial charge in [-0.2, -0.15) is 0 Å². The largest absolute Gasteiger partial charge is 0.457 e. The van der Waals surface area contributed by atoms with Crippen molar-refractivity contribution in [1.82, 2.24) is 5.32 Å². The van der Waals surface area contributed by atoms with E-state index in [-0.39, 0.29) is 5.91 Å². The molecule has 0 fully saturated rings. The van der Waals surface area contributed by atoms with Crippen LogP contribution in [0.25, 0.3) is 0 Å². The summed E-state index contributed by atoms with van der Waals surface area (Å²) < 4.78 is 5.98. The van der Waals surface area contributed by atoms with Gasteiger partial charge in [-0.05, 0) is 37.6 Å². The molecule has 22 heavy (non-hydrogen) atoms. The van der Waals surface area contributed by atoms with E-state index in [1.807, 2.05) is 55.5 Å². The molecule has 0 aromatic heterocycles. The van der Waals surface area contributed by atoms with Crippen LogP contribution in [0, 0.1) is 6.92 Å². The summed E-state index contributed by atoms with van der Waals surface area (Å²) in [6, 6.07) is 15.6. The Bertz CT molecular complexity index is 626. The van der Waals surface area contributed by atoms with Crippen LogP contribution >= 0.6 is 0 Å². The molecule has 2 aromatic rings. The summed E-state index contributed by atoms with van der Waals surface area (Å²) in [6.07, 6.45) is 1.16. The van der Waals surface area contributed by atoms with E-state index in [4.69, 9.17) is 10.5 Å². The molecule has 0 aliphatic heterocycles. The highest BCUT2D eigenvalue weighted by atomic mass is 16.5. The molecule has 0 radical (unpaired) electrons. The molecule has 0 unspecified atom stereocenters. The average molecular weight is 298 g/mol. The van der Waals surface area contributed by atoms with Gasteiger partial charge in [0.05, 0.1) is 0 Å². The molecule has 2 rings (SSSR count). The summed E-state index contributed by atoms with van der Waals surface area (Å²) in [4.78, 5) is 11.7. The minimum absolute atomic E-state index is 0.0103. The number of carbonyl (C=O) groups excluding carboxylic acids is 1. The van der Waals surface area contributed by atoms with E-state index in [1.54, 1.807) is 0 Å². The fraction of sp³-hybridized carbons (Fsp3) is 0.278. The second-order valence-electron chi connectivity index (χ2n) is 5.14. The molecule has 0 aliphatic rings. The van der Waals surface area contributed by atoms with Crippen LogP contribution in [0.2, 0.25) is 0 Å². The molecule has 0 saturated heterocycles. The molecule has 3 N–H and O–H groups in total. The van der Waals surface area contributed by atoms with Crippen molar-refractivity contribution >= 4 is 5.91 Å². The number of hydrogen-bond acceptors (Lipinski definition) is 3. The van der Waals surface area contributed by atoms with Crippen LogP contribution in [0.4, 0.5) is 0 Å². The van der Waals surface area contributed by atoms with E-state index < -0.39 is 0 Å². The van der Waals surface area contributed by atoms with Crippen molar-refractivity contribution in [2.24, 2.45) is 5.73 Å². The van der Waals surface area contributed by atoms with Gasteiger partial charge in [-0.3, -0.25) is 4.79 Å². The van der Waals surface area contributed by atoms with Crippen LogP contribution < -0.4 is 15.8 Å². The van der Waals surface area contributed by atoms with Gasteiger partial charge in [-0.15, -0.1) is 0 Å². The number of amides is 1. The first kappa shape index (κ1) is 16.0. The van der Waals surface area contributed by atoms with Crippen molar-refractivity contribution in [2.75, 3.05) is 6.54 Å². The average Bonchev–Trinajstić information content (AvgIpc) is 2.54. The predicted molar refractivity (Wildman–Crippen MR) is 87.8 cm³/mol. The molecule has 0 heterocycles. The van der Waals surface area contributed by atoms with Crippen molar-refractivity contribution in [3.63, 3.8) is 0 Å². The van der Waals surface area contributed by atoms with E-state index in [0.29, 0.717) is 25.9 Å². The predicted octanol–water partition coefficient (Wildman–Crippen LogP) is 3.14. The Morgan fingerprint density at radius 1 is 1.09 bits per heavy atom. The quantitative estimate of drug-likeness (QED) is 0.825. The topological polar surface area (TPSA) is 64.3 Å². The Balaban J connectivity index is 2.04. The minimum atomic E-state index is 0.0103. The summed E-state index contributed by atoms with van der Waals surface area (Å²) in [5.41, 5.74) is 7.43. The second kappa shape index (κ2) is 8.20. The zero-order valence-electron chi connectivity index (χ0n) is 12.8. The first-order chi connectivity index (χ1) is 10.7. The number of rotatable bonds is 7. The lowest BCUT2D eigenvalue weighted by Gasteiger charge is -2.13. The van der Waals surface area contributed by atoms with Gasteiger partial charge >= 0.3 is 0 Å². The van der Waals surface area contributed by atoms with Gasteiger partial charge in [-0.25, -0.2) is 0 Å². The highest BCUT2D eigenvalue weighted by molar-refractivity contribution is 5.75. The van der Waals surface area contributed by atoms with Gasteiger partial charge in [0.1, 0.15) is 11.5 Å². The summed E-state index contributed by atoms with van der Waals surface area (Å²) in [5.74, 6) is 1.59. The van der Waals surface area contributed by atoms with Gasteiger partial charge in [0.25, 0.3) is 0 Å². The monoisotopic (exact) mass is 298 g/mol. The number of benzene rings is 2. The van der Waals surface area contributed by atoms with Crippen LogP contribution in [0.5, 0.6) is 11.5 Å². The normalized spacial score (nSPS) is 10.3. The Kier molecular flexibility index (Phi) is 5.98. The third kappa shape index (κ3) is 4.60. The second-order valence-corrected chi connectivity index (χ2v) is 5.14. The van der Waals surface area contributed by atoms with Gasteiger partial charge in [-0.1, -0.05) is 36.4 Å². The zero-order chi connectivity index (χ0) is 15.8. The lowest BCUT2D eigenvalue weighted by atomic mass is 10.2. The molecule has 0 saturated carbocycles. The zero-order valence-corrected chi connectivity index (χ0v) is 12.8. The Morgan fingerprint density at radius 3 is 2.50 bits per heavy atom. The number of carbonyl (C=O) groups is 1. The van der Waals surface area contributed by atoms with Crippen molar-refractivity contribution in [3.05, 3.63) is 59.7 Å². The molecule has 0 spiro atoms. The number of nitrogens with one attached hydrogen (secondary N) is 1. The number of aryl methyl sites for hydroxylation is 1. The molecule has 4 heteroatoms. The molecular weight excluding hydrogens is 276 g/mol. The Labute approximate surface area is 131 Å². The number of para-hydroxylation sites is 2. The third-order valence-electron chi connectivity index (χ3n) is 3.37. The molecule has 2 aromatic carbocycles. The molecule has 0 bridgehead atoms. The van der Waals surface area contributed by atoms with Crippen molar-refractivity contribution in [1.29, 1.82) is 0 Å². The number of hydrogen-bond donors (Lipinski definition) is 2. The van der Waals surface area contributed by atoms with E-state index in [2.05, 4.69) is 5.32 Å². The highest BCUT2D eigenvalue weighted by Gasteiger charge is 2.07. The van der Waals surface area contributed by atoms with Crippen LogP contribution in [-0.2, 0) is 11.3 Å². The summed E-state index contributed by atoms with van der Waals surface area (Å²) in [7, 11) is 0. The lowest BCUT2D eigenvalue weighted by molar-refractivity contribution is -0.121. The standard InChI is InChI=1S/C18H22N2O2/c1-14-7-2-4-9-16(14)22-17-10-5-3-8-15(17)13-20-18(21)11-6-12-19/h2-5,7-10H,6,11-13,19H2,1H3,(H,20,21). The SMILES string of the molecule is Cc1ccccc1Oc1ccccc1CNC(=O)CCCN. The minimum Gasteiger partial charge on any atom is -0.457 e. The molecule has 0 atom stereocenters. The molecule has 116 valence electrons. The Morgan fingerprint density at radius 2 is 1.77 bits per heavy atom. The van der Waals surface area contributed by atoms with Crippen LogP contribution in [0.15, 0.2) is 48.5 Å². The highest BCUT2D eigenvalue weighted by Crippen LogP contribution is 2.27. The maximum Gasteiger partial charge on any atom is 0.220 e. The maximum atomic E-state index is 11.7. The third-order valence-corrected chi connectivity index (χ3v) is 3.37. The van der Waals surface area contributed by atoms with Crippen LogP contribution in [0.1, 0.15) is 24.0 Å². The van der Waals surface area contributed by atoms with E-state index in [0.717, 1.165) is 22.6 Å². The lowest BCUT2D eigenvalue weighted by Crippen LogP contribution is -2.23. The van der Waals surface area contributed by atoms with E-state index in [9.17, 15) is 4.79 Å². The fourth-order valence-corrected chi connectivity index (χ4v) is 2.08. The van der Waals surface area contributed by atoms with E-state index >= 15 is 0 Å². The summed E-state index contributed by atoms with van der Waals surface area (Å²) in [5, 5.41) is 2.90. The fourth-order valence-electron chi connectivity index (χ4n) is 2.08. The van der Waals surface area contributed by atoms with E-state index in [1.165, 1.54) is 0 Å². The van der Waals surface area contributed by atoms with Crippen molar-refractivity contribution in [3.8, 4) is 11.5 Å². The van der Waals surface area contributed by atoms with Crippen molar-refractivity contribution < 1.29 is 9.53 Å². The Hall–Kier alpha value is -2.33. The van der Waals surface area contributed by atoms with Crippen LogP contribution in [0.3, 0.4) is 0 Å². The first-order valence-corrected chi connectivity index (χ1v) is 7.49. The molecular formula is C18H22N2O2. The van der Waals surface area contributed by atoms with Crippen LogP contribution in [-0.4, -0.2) is 12.5 Å². The molecule has 4 nitrogen and oxygen atoms in total. The molecule has 1 amide bonds. The van der Waals surface area contributed by atoms with Crippen molar-refractivity contribution in [2.45, 2.75) is 26.3 Å². The van der Waals surface area contributed by atoms with Gasteiger partial charge in [0.2, 0.25) is 5.91 Å². The summed E-state index contributed by atoms with van der Waals surface area (Å²) in [6.45, 7) is 2.98. The van der Waals surface area contributed by atoms with Gasteiger partial charge in [0, 0.05) is 18.5 Å². The van der Waals surface area contributed by atoms with Gasteiger partial charge < -0.3 is 15.8 Å². The smallest absolute Gasteiger partial charge is 0.220 e. The maximum absolute atomic E-state index is 11.7. The number of nitrogens with two attached hydrogens (primary N) is 1. The summed E-state index contributed by atoms with van der Waals surface area (Å²) >= 11 is 0. The van der Waals surface area contributed by atoms with Gasteiger partial charge in [0.15, 0.2) is 0 Å². The first-order valence-electron chi connectivity index (χ1n) is 7.49. The molecule has 0 aliphatic carbocycles. The number of ether oxygens (including phenoxy) is 1.